The Balaban J connectivity index is 2.26. The van der Waals surface area contributed by atoms with Crippen LogP contribution in [0.4, 0.5) is 0 Å². The van der Waals surface area contributed by atoms with Gasteiger partial charge in [0.1, 0.15) is 18.0 Å². The lowest BCUT2D eigenvalue weighted by atomic mass is 9.63. The van der Waals surface area contributed by atoms with Crippen LogP contribution in [0.3, 0.4) is 0 Å². The Hall–Kier alpha value is -1.91. The van der Waals surface area contributed by atoms with E-state index in [1.165, 1.54) is 13.0 Å². The Labute approximate surface area is 168 Å². The summed E-state index contributed by atoms with van der Waals surface area (Å²) in [6, 6.07) is 0. The molecule has 0 bridgehead atoms. The maximum Gasteiger partial charge on any atom is 0.331 e. The van der Waals surface area contributed by atoms with E-state index in [1.54, 1.807) is 6.92 Å². The second kappa shape index (κ2) is 9.06. The molecule has 156 valence electrons. The number of hydrogen-bond acceptors (Lipinski definition) is 5. The lowest BCUT2D eigenvalue weighted by Crippen LogP contribution is -2.44. The molecule has 0 aromatic carbocycles. The zero-order valence-electron chi connectivity index (χ0n) is 18.0. The molecule has 28 heavy (non-hydrogen) atoms. The molecule has 2 rings (SSSR count). The van der Waals surface area contributed by atoms with Gasteiger partial charge in [0.05, 0.1) is 5.92 Å². The monoisotopic (exact) mass is 390 g/mol. The van der Waals surface area contributed by atoms with Crippen LogP contribution in [-0.4, -0.2) is 29.9 Å². The summed E-state index contributed by atoms with van der Waals surface area (Å²) < 4.78 is 11.1. The topological polar surface area (TPSA) is 69.7 Å². The first-order chi connectivity index (χ1) is 13.1. The van der Waals surface area contributed by atoms with Crippen molar-refractivity contribution in [1.29, 1.82) is 0 Å². The molecule has 2 fully saturated rings. The van der Waals surface area contributed by atoms with Gasteiger partial charge in [0.15, 0.2) is 0 Å². The van der Waals surface area contributed by atoms with Gasteiger partial charge < -0.3 is 9.47 Å². The highest BCUT2D eigenvalue weighted by Gasteiger charge is 2.55. The van der Waals surface area contributed by atoms with Crippen LogP contribution in [0.2, 0.25) is 0 Å². The van der Waals surface area contributed by atoms with E-state index in [0.717, 1.165) is 17.6 Å². The minimum Gasteiger partial charge on any atom is -0.462 e. The molecule has 6 atom stereocenters. The van der Waals surface area contributed by atoms with Crippen molar-refractivity contribution in [3.05, 3.63) is 23.8 Å². The predicted octanol–water partition coefficient (Wildman–Crippen LogP) is 4.26. The van der Waals surface area contributed by atoms with Crippen molar-refractivity contribution in [2.45, 2.75) is 73.0 Å². The molecule has 0 aliphatic heterocycles. The van der Waals surface area contributed by atoms with Crippen molar-refractivity contribution in [2.75, 3.05) is 0 Å². The molecular formula is C23H34O5. The standard InChI is InChI=1S/C23H34O5/c1-8-13(4)9-21(26)28-20-11-17(12(2)3)23-18(14(20)5)10-19(25)22(23)15(6)27-16(7)24/h9,12,15,17-18,20,22-23H,5,8,10-11H2,1-4,6-7H3/b13-9+/t15-,17-,18-,20+,22-,23+/m0/s1. The molecular weight excluding hydrogens is 356 g/mol. The molecule has 0 spiro atoms. The van der Waals surface area contributed by atoms with Gasteiger partial charge >= 0.3 is 11.9 Å². The third kappa shape index (κ3) is 4.73. The molecule has 5 heteroatoms. The Bertz CT molecular complexity index is 674. The lowest BCUT2D eigenvalue weighted by Gasteiger charge is -2.44. The minimum absolute atomic E-state index is 0.0364. The third-order valence-corrected chi connectivity index (χ3v) is 6.44. The SMILES string of the molecule is C=C1[C@H](OC(=O)/C=C(\C)CC)C[C@@H](C(C)C)[C@H]2[C@@H]([C@H](C)OC(C)=O)C(=O)C[C@@H]12. The van der Waals surface area contributed by atoms with Crippen molar-refractivity contribution >= 4 is 17.7 Å². The van der Waals surface area contributed by atoms with E-state index in [0.29, 0.717) is 18.8 Å². The van der Waals surface area contributed by atoms with Crippen LogP contribution in [0.25, 0.3) is 0 Å². The van der Waals surface area contributed by atoms with Gasteiger partial charge in [-0.25, -0.2) is 4.79 Å². The minimum atomic E-state index is -0.455. The number of rotatable bonds is 6. The fourth-order valence-corrected chi connectivity index (χ4v) is 4.92. The van der Waals surface area contributed by atoms with E-state index in [9.17, 15) is 14.4 Å². The highest BCUT2D eigenvalue weighted by atomic mass is 16.5. The molecule has 0 heterocycles. The summed E-state index contributed by atoms with van der Waals surface area (Å²) >= 11 is 0. The van der Waals surface area contributed by atoms with Crippen molar-refractivity contribution in [2.24, 2.45) is 29.6 Å². The van der Waals surface area contributed by atoms with Gasteiger partial charge in [0.25, 0.3) is 0 Å². The normalized spacial score (nSPS) is 31.5. The maximum absolute atomic E-state index is 12.8. The number of carbonyl (C=O) groups is 3. The molecule has 0 saturated heterocycles. The van der Waals surface area contributed by atoms with Crippen LogP contribution in [0.15, 0.2) is 23.8 Å². The van der Waals surface area contributed by atoms with E-state index < -0.39 is 6.10 Å². The van der Waals surface area contributed by atoms with Crippen molar-refractivity contribution < 1.29 is 23.9 Å². The molecule has 2 aliphatic rings. The molecule has 0 aromatic rings. The Morgan fingerprint density at radius 3 is 2.43 bits per heavy atom. The molecule has 0 unspecified atom stereocenters. The zero-order valence-corrected chi connectivity index (χ0v) is 18.0. The first kappa shape index (κ1) is 22.4. The highest BCUT2D eigenvalue weighted by molar-refractivity contribution is 5.86. The lowest BCUT2D eigenvalue weighted by molar-refractivity contribution is -0.153. The molecule has 5 nitrogen and oxygen atoms in total. The van der Waals surface area contributed by atoms with Gasteiger partial charge in [-0.3, -0.25) is 9.59 Å². The van der Waals surface area contributed by atoms with E-state index >= 15 is 0 Å². The number of Topliss-reactive ketones (excluding diaryl/α,β-unsaturated/α-hetero) is 1. The number of fused-ring (bicyclic) bond motifs is 1. The van der Waals surface area contributed by atoms with Crippen LogP contribution in [0.5, 0.6) is 0 Å². The smallest absolute Gasteiger partial charge is 0.331 e. The fourth-order valence-electron chi connectivity index (χ4n) is 4.92. The summed E-state index contributed by atoms with van der Waals surface area (Å²) in [6.07, 6.45) is 2.53. The van der Waals surface area contributed by atoms with E-state index in [1.807, 2.05) is 13.8 Å². The number of allylic oxidation sites excluding steroid dienone is 1. The molecule has 0 N–H and O–H groups in total. The maximum atomic E-state index is 12.8. The third-order valence-electron chi connectivity index (χ3n) is 6.44. The fraction of sp³-hybridized carbons (Fsp3) is 0.696. The van der Waals surface area contributed by atoms with Gasteiger partial charge in [-0.05, 0) is 55.9 Å². The summed E-state index contributed by atoms with van der Waals surface area (Å²) in [6.45, 7) is 15.5. The first-order valence-electron chi connectivity index (χ1n) is 10.3. The first-order valence-corrected chi connectivity index (χ1v) is 10.3. The number of carbonyl (C=O) groups excluding carboxylic acids is 3. The van der Waals surface area contributed by atoms with Crippen LogP contribution in [0, 0.1) is 29.6 Å². The number of esters is 2. The summed E-state index contributed by atoms with van der Waals surface area (Å²) in [4.78, 5) is 36.6. The summed E-state index contributed by atoms with van der Waals surface area (Å²) in [5.41, 5.74) is 1.79. The van der Waals surface area contributed by atoms with Gasteiger partial charge in [0, 0.05) is 19.4 Å². The molecule has 0 radical (unpaired) electrons. The van der Waals surface area contributed by atoms with Crippen LogP contribution < -0.4 is 0 Å². The Morgan fingerprint density at radius 1 is 1.25 bits per heavy atom. The van der Waals surface area contributed by atoms with Gasteiger partial charge in [0.2, 0.25) is 0 Å². The summed E-state index contributed by atoms with van der Waals surface area (Å²) in [5, 5.41) is 0. The van der Waals surface area contributed by atoms with E-state index in [-0.39, 0.29) is 47.5 Å². The zero-order chi connectivity index (χ0) is 21.2. The number of ether oxygens (including phenoxy) is 2. The summed E-state index contributed by atoms with van der Waals surface area (Å²) in [7, 11) is 0. The Kier molecular flexibility index (Phi) is 7.24. The number of hydrogen-bond donors (Lipinski definition) is 0. The Morgan fingerprint density at radius 2 is 1.89 bits per heavy atom. The van der Waals surface area contributed by atoms with Crippen molar-refractivity contribution in [1.82, 2.24) is 0 Å². The van der Waals surface area contributed by atoms with Crippen LogP contribution in [0.1, 0.15) is 60.8 Å². The van der Waals surface area contributed by atoms with Crippen molar-refractivity contribution in [3.8, 4) is 0 Å². The quantitative estimate of drug-likeness (QED) is 0.385. The van der Waals surface area contributed by atoms with Crippen LogP contribution in [-0.2, 0) is 23.9 Å². The van der Waals surface area contributed by atoms with E-state index in [4.69, 9.17) is 9.47 Å². The van der Waals surface area contributed by atoms with E-state index in [2.05, 4.69) is 20.4 Å². The van der Waals surface area contributed by atoms with Crippen LogP contribution >= 0.6 is 0 Å². The second-order valence-corrected chi connectivity index (χ2v) is 8.68. The molecule has 0 aromatic heterocycles. The highest BCUT2D eigenvalue weighted by Crippen LogP contribution is 2.53. The van der Waals surface area contributed by atoms with Crippen molar-refractivity contribution in [3.63, 3.8) is 0 Å². The van der Waals surface area contributed by atoms with Gasteiger partial charge in [-0.15, -0.1) is 0 Å². The second-order valence-electron chi connectivity index (χ2n) is 8.68. The number of ketones is 1. The largest absolute Gasteiger partial charge is 0.462 e. The van der Waals surface area contributed by atoms with Gasteiger partial charge in [-0.2, -0.15) is 0 Å². The summed E-state index contributed by atoms with van der Waals surface area (Å²) in [5.74, 6) is -0.388. The molecule has 2 aliphatic carbocycles. The average molecular weight is 391 g/mol. The van der Waals surface area contributed by atoms with Gasteiger partial charge in [-0.1, -0.05) is 32.9 Å². The molecule has 0 amide bonds. The average Bonchev–Trinajstić information content (AvgIpc) is 2.93. The molecule has 2 saturated carbocycles. The predicted molar refractivity (Wildman–Crippen MR) is 107 cm³/mol.